The van der Waals surface area contributed by atoms with Gasteiger partial charge in [0, 0.05) is 22.8 Å². The van der Waals surface area contributed by atoms with Gasteiger partial charge >= 0.3 is 0 Å². The zero-order valence-corrected chi connectivity index (χ0v) is 17.3. The van der Waals surface area contributed by atoms with Gasteiger partial charge in [0.2, 0.25) is 5.91 Å². The summed E-state index contributed by atoms with van der Waals surface area (Å²) in [5, 5.41) is 12.4. The number of thioether (sulfide) groups is 1. The molecule has 0 saturated carbocycles. The molecule has 0 aliphatic carbocycles. The third-order valence-corrected chi connectivity index (χ3v) is 5.48. The molecular weight excluding hydrogens is 392 g/mol. The molecule has 3 rings (SSSR count). The molecule has 0 radical (unpaired) electrons. The van der Waals surface area contributed by atoms with Crippen LogP contribution in [0.15, 0.2) is 66.3 Å². The van der Waals surface area contributed by atoms with Crippen molar-refractivity contribution in [1.29, 1.82) is 0 Å². The molecule has 7 heteroatoms. The zero-order chi connectivity index (χ0) is 20.1. The Morgan fingerprint density at radius 3 is 2.75 bits per heavy atom. The number of rotatable bonds is 7. The third-order valence-electron chi connectivity index (χ3n) is 4.17. The number of carbonyl (C=O) groups is 1. The van der Waals surface area contributed by atoms with Crippen LogP contribution in [-0.2, 0) is 11.3 Å². The van der Waals surface area contributed by atoms with Crippen LogP contribution in [0.3, 0.4) is 0 Å². The zero-order valence-electron chi connectivity index (χ0n) is 15.7. The number of halogens is 1. The smallest absolute Gasteiger partial charge is 0.237 e. The number of aryl methyl sites for hydroxylation is 1. The van der Waals surface area contributed by atoms with E-state index in [9.17, 15) is 4.79 Å². The van der Waals surface area contributed by atoms with Gasteiger partial charge in [-0.3, -0.25) is 9.36 Å². The summed E-state index contributed by atoms with van der Waals surface area (Å²) >= 11 is 7.40. The molecule has 2 aromatic carbocycles. The van der Waals surface area contributed by atoms with Gasteiger partial charge in [0.05, 0.1) is 5.25 Å². The van der Waals surface area contributed by atoms with Crippen molar-refractivity contribution in [3.8, 4) is 11.4 Å². The topological polar surface area (TPSA) is 59.8 Å². The Hall–Kier alpha value is -2.57. The van der Waals surface area contributed by atoms with Crippen LogP contribution in [0.1, 0.15) is 12.5 Å². The maximum Gasteiger partial charge on any atom is 0.237 e. The number of allylic oxidation sites excluding steroid dienone is 1. The van der Waals surface area contributed by atoms with Crippen molar-refractivity contribution in [3.63, 3.8) is 0 Å². The average Bonchev–Trinajstić information content (AvgIpc) is 3.08. The highest BCUT2D eigenvalue weighted by molar-refractivity contribution is 8.00. The van der Waals surface area contributed by atoms with E-state index in [-0.39, 0.29) is 11.2 Å². The number of carbonyl (C=O) groups excluding carboxylic acids is 1. The predicted molar refractivity (Wildman–Crippen MR) is 116 cm³/mol. The van der Waals surface area contributed by atoms with Crippen LogP contribution in [0.25, 0.3) is 11.4 Å². The summed E-state index contributed by atoms with van der Waals surface area (Å²) in [6, 6.07) is 15.3. The standard InChI is InChI=1S/C21H21ClN4OS/c1-4-12-26-19(16-8-6-5-7-9-16)24-25-21(26)28-15(3)20(27)23-18-13-17(22)11-10-14(18)2/h4-11,13,15H,1,12H2,2-3H3,(H,23,27)/t15-/m0/s1. The molecular formula is C21H21ClN4OS. The van der Waals surface area contributed by atoms with Crippen molar-refractivity contribution in [3.05, 3.63) is 71.8 Å². The van der Waals surface area contributed by atoms with Gasteiger partial charge < -0.3 is 5.32 Å². The molecule has 0 saturated heterocycles. The molecule has 144 valence electrons. The number of hydrogen-bond donors (Lipinski definition) is 1. The highest BCUT2D eigenvalue weighted by Crippen LogP contribution is 2.28. The summed E-state index contributed by atoms with van der Waals surface area (Å²) in [6.45, 7) is 8.15. The normalized spacial score (nSPS) is 11.8. The SMILES string of the molecule is C=CCn1c(S[C@@H](C)C(=O)Nc2cc(Cl)ccc2C)nnc1-c1ccccc1. The number of aromatic nitrogens is 3. The van der Waals surface area contributed by atoms with Gasteiger partial charge in [-0.15, -0.1) is 16.8 Å². The Kier molecular flexibility index (Phi) is 6.54. The van der Waals surface area contributed by atoms with E-state index >= 15 is 0 Å². The number of nitrogens with zero attached hydrogens (tertiary/aromatic N) is 3. The Labute approximate surface area is 173 Å². The number of hydrogen-bond acceptors (Lipinski definition) is 4. The van der Waals surface area contributed by atoms with Crippen molar-refractivity contribution in [2.45, 2.75) is 30.8 Å². The van der Waals surface area contributed by atoms with E-state index in [4.69, 9.17) is 11.6 Å². The first kappa shape index (κ1) is 20.2. The van der Waals surface area contributed by atoms with Crippen LogP contribution < -0.4 is 5.32 Å². The summed E-state index contributed by atoms with van der Waals surface area (Å²) in [7, 11) is 0. The van der Waals surface area contributed by atoms with Gasteiger partial charge in [-0.1, -0.05) is 65.8 Å². The summed E-state index contributed by atoms with van der Waals surface area (Å²) < 4.78 is 1.96. The molecule has 0 aliphatic rings. The number of benzene rings is 2. The second-order valence-corrected chi connectivity index (χ2v) is 8.02. The van der Waals surface area contributed by atoms with Crippen LogP contribution >= 0.6 is 23.4 Å². The van der Waals surface area contributed by atoms with Gasteiger partial charge in [0.25, 0.3) is 0 Å². The lowest BCUT2D eigenvalue weighted by atomic mass is 10.2. The van der Waals surface area contributed by atoms with Gasteiger partial charge in [-0.25, -0.2) is 0 Å². The van der Waals surface area contributed by atoms with Crippen LogP contribution in [0.5, 0.6) is 0 Å². The minimum Gasteiger partial charge on any atom is -0.325 e. The molecule has 1 aromatic heterocycles. The molecule has 0 unspecified atom stereocenters. The fourth-order valence-electron chi connectivity index (χ4n) is 2.65. The first-order valence-electron chi connectivity index (χ1n) is 8.82. The Bertz CT molecular complexity index is 987. The van der Waals surface area contributed by atoms with Crippen LogP contribution in [0, 0.1) is 6.92 Å². The van der Waals surface area contributed by atoms with Crippen molar-refractivity contribution >= 4 is 35.0 Å². The molecule has 1 heterocycles. The Balaban J connectivity index is 1.79. The van der Waals surface area contributed by atoms with E-state index in [2.05, 4.69) is 22.1 Å². The van der Waals surface area contributed by atoms with Gasteiger partial charge in [0.1, 0.15) is 0 Å². The first-order chi connectivity index (χ1) is 13.5. The van der Waals surface area contributed by atoms with E-state index in [0.29, 0.717) is 22.4 Å². The van der Waals surface area contributed by atoms with Crippen LogP contribution in [-0.4, -0.2) is 25.9 Å². The Morgan fingerprint density at radius 1 is 1.29 bits per heavy atom. The summed E-state index contributed by atoms with van der Waals surface area (Å²) in [5.74, 6) is 0.631. The van der Waals surface area contributed by atoms with Crippen LogP contribution in [0.2, 0.25) is 5.02 Å². The van der Waals surface area contributed by atoms with E-state index in [0.717, 1.165) is 17.0 Å². The molecule has 0 fully saturated rings. The first-order valence-corrected chi connectivity index (χ1v) is 10.1. The van der Waals surface area contributed by atoms with Crippen molar-refractivity contribution < 1.29 is 4.79 Å². The van der Waals surface area contributed by atoms with Crippen molar-refractivity contribution in [1.82, 2.24) is 14.8 Å². The van der Waals surface area contributed by atoms with Gasteiger partial charge in [-0.05, 0) is 31.5 Å². The molecule has 3 aromatic rings. The molecule has 0 aliphatic heterocycles. The third kappa shape index (κ3) is 4.64. The highest BCUT2D eigenvalue weighted by atomic mass is 35.5. The number of nitrogens with one attached hydrogen (secondary N) is 1. The number of amides is 1. The molecule has 5 nitrogen and oxygen atoms in total. The minimum atomic E-state index is -0.366. The minimum absolute atomic E-state index is 0.121. The largest absolute Gasteiger partial charge is 0.325 e. The van der Waals surface area contributed by atoms with Crippen LogP contribution in [0.4, 0.5) is 5.69 Å². The second kappa shape index (κ2) is 9.08. The monoisotopic (exact) mass is 412 g/mol. The van der Waals surface area contributed by atoms with E-state index in [1.807, 2.05) is 54.8 Å². The fraction of sp³-hybridized carbons (Fsp3) is 0.190. The second-order valence-electron chi connectivity index (χ2n) is 6.28. The van der Waals surface area contributed by atoms with Gasteiger partial charge in [0.15, 0.2) is 11.0 Å². The molecule has 1 amide bonds. The lowest BCUT2D eigenvalue weighted by Crippen LogP contribution is -2.23. The maximum absolute atomic E-state index is 12.7. The quantitative estimate of drug-likeness (QED) is 0.427. The molecule has 28 heavy (non-hydrogen) atoms. The highest BCUT2D eigenvalue weighted by Gasteiger charge is 2.21. The Morgan fingerprint density at radius 2 is 2.04 bits per heavy atom. The molecule has 0 spiro atoms. The molecule has 0 bridgehead atoms. The summed E-state index contributed by atoms with van der Waals surface area (Å²) in [4.78, 5) is 12.7. The molecule has 1 N–H and O–H groups in total. The predicted octanol–water partition coefficient (Wildman–Crippen LogP) is 5.21. The van der Waals surface area contributed by atoms with Gasteiger partial charge in [-0.2, -0.15) is 0 Å². The fourth-order valence-corrected chi connectivity index (χ4v) is 3.68. The lowest BCUT2D eigenvalue weighted by Gasteiger charge is -2.14. The summed E-state index contributed by atoms with van der Waals surface area (Å²) in [5.41, 5.74) is 2.63. The average molecular weight is 413 g/mol. The molecule has 1 atom stereocenters. The lowest BCUT2D eigenvalue weighted by molar-refractivity contribution is -0.115. The van der Waals surface area contributed by atoms with E-state index < -0.39 is 0 Å². The van der Waals surface area contributed by atoms with E-state index in [1.165, 1.54) is 11.8 Å². The van der Waals surface area contributed by atoms with Crippen molar-refractivity contribution in [2.24, 2.45) is 0 Å². The summed E-state index contributed by atoms with van der Waals surface area (Å²) in [6.07, 6.45) is 1.79. The van der Waals surface area contributed by atoms with E-state index in [1.54, 1.807) is 18.2 Å². The maximum atomic E-state index is 12.7. The van der Waals surface area contributed by atoms with Crippen molar-refractivity contribution in [2.75, 3.05) is 5.32 Å². The number of anilines is 1.